The van der Waals surface area contributed by atoms with E-state index in [4.69, 9.17) is 5.73 Å². The zero-order valence-electron chi connectivity index (χ0n) is 7.61. The highest BCUT2D eigenvalue weighted by Gasteiger charge is 2.60. The van der Waals surface area contributed by atoms with Gasteiger partial charge in [0.15, 0.2) is 0 Å². The summed E-state index contributed by atoms with van der Waals surface area (Å²) in [7, 11) is 0.873. The van der Waals surface area contributed by atoms with Gasteiger partial charge in [0.1, 0.15) is 0 Å². The van der Waals surface area contributed by atoms with E-state index in [0.717, 1.165) is 7.11 Å². The van der Waals surface area contributed by atoms with E-state index < -0.39 is 23.6 Å². The average molecular weight is 199 g/mol. The van der Waals surface area contributed by atoms with Crippen molar-refractivity contribution in [2.45, 2.75) is 25.6 Å². The van der Waals surface area contributed by atoms with Gasteiger partial charge in [0.25, 0.3) is 0 Å². The molecule has 0 heterocycles. The summed E-state index contributed by atoms with van der Waals surface area (Å²) in [5.74, 6) is -2.53. The quantitative estimate of drug-likeness (QED) is 0.677. The first-order valence-electron chi connectivity index (χ1n) is 3.62. The van der Waals surface area contributed by atoms with Crippen molar-refractivity contribution in [1.82, 2.24) is 0 Å². The second kappa shape index (κ2) is 3.53. The minimum absolute atomic E-state index is 0.873. The van der Waals surface area contributed by atoms with E-state index in [0.29, 0.717) is 0 Å². The van der Waals surface area contributed by atoms with Gasteiger partial charge in [-0.2, -0.15) is 13.2 Å². The number of carbonyl (C=O) groups excluding carboxylic acids is 1. The van der Waals surface area contributed by atoms with Gasteiger partial charge in [-0.15, -0.1) is 0 Å². The van der Waals surface area contributed by atoms with Gasteiger partial charge < -0.3 is 10.5 Å². The number of rotatable bonds is 2. The Morgan fingerprint density at radius 3 is 1.85 bits per heavy atom. The minimum atomic E-state index is -4.80. The fourth-order valence-corrected chi connectivity index (χ4v) is 0.848. The third kappa shape index (κ3) is 1.93. The molecule has 0 aliphatic rings. The Bertz CT molecular complexity index is 202. The molecule has 0 aliphatic heterocycles. The van der Waals surface area contributed by atoms with Gasteiger partial charge in [0.2, 0.25) is 5.54 Å². The van der Waals surface area contributed by atoms with Crippen LogP contribution in [0.5, 0.6) is 0 Å². The van der Waals surface area contributed by atoms with Crippen molar-refractivity contribution in [2.75, 3.05) is 7.11 Å². The summed E-state index contributed by atoms with van der Waals surface area (Å²) in [6, 6.07) is 0. The Morgan fingerprint density at radius 1 is 1.38 bits per heavy atom. The van der Waals surface area contributed by atoms with E-state index in [1.54, 1.807) is 0 Å². The van der Waals surface area contributed by atoms with Gasteiger partial charge in [-0.3, -0.25) is 0 Å². The van der Waals surface area contributed by atoms with Crippen LogP contribution in [-0.2, 0) is 9.53 Å². The van der Waals surface area contributed by atoms with Gasteiger partial charge in [-0.25, -0.2) is 4.79 Å². The van der Waals surface area contributed by atoms with Crippen molar-refractivity contribution in [3.05, 3.63) is 0 Å². The first-order chi connectivity index (χ1) is 5.67. The largest absolute Gasteiger partial charge is 0.467 e. The molecular weight excluding hydrogens is 187 g/mol. The third-order valence-corrected chi connectivity index (χ3v) is 1.90. The molecule has 0 aliphatic carbocycles. The summed E-state index contributed by atoms with van der Waals surface area (Å²) >= 11 is 0. The molecule has 0 rings (SSSR count). The lowest BCUT2D eigenvalue weighted by Crippen LogP contribution is -2.63. The zero-order chi connectivity index (χ0) is 10.9. The molecule has 6 heteroatoms. The predicted octanol–water partition coefficient (Wildman–Crippen LogP) is 1.08. The first-order valence-corrected chi connectivity index (χ1v) is 3.62. The maximum atomic E-state index is 12.4. The minimum Gasteiger partial charge on any atom is -0.467 e. The smallest absolute Gasteiger partial charge is 0.417 e. The summed E-state index contributed by atoms with van der Waals surface area (Å²) in [5, 5.41) is 0. The van der Waals surface area contributed by atoms with Crippen molar-refractivity contribution >= 4 is 5.97 Å². The molecule has 13 heavy (non-hydrogen) atoms. The van der Waals surface area contributed by atoms with Crippen molar-refractivity contribution in [3.8, 4) is 0 Å². The molecule has 1 atom stereocenters. The van der Waals surface area contributed by atoms with Crippen LogP contribution in [0.15, 0.2) is 0 Å². The fourth-order valence-electron chi connectivity index (χ4n) is 0.848. The highest BCUT2D eigenvalue weighted by molar-refractivity contribution is 5.82. The molecule has 0 bridgehead atoms. The molecule has 0 saturated carbocycles. The summed E-state index contributed by atoms with van der Waals surface area (Å²) in [6.07, 6.45) is -4.80. The SMILES string of the molecule is COC(=O)C(N)(C(C)C)C(F)(F)F. The first kappa shape index (κ1) is 12.2. The molecule has 0 spiro atoms. The molecule has 1 unspecified atom stereocenters. The number of methoxy groups -OCH3 is 1. The number of nitrogens with two attached hydrogens (primary N) is 1. The number of alkyl halides is 3. The second-order valence-electron chi connectivity index (χ2n) is 3.01. The maximum Gasteiger partial charge on any atom is 0.417 e. The van der Waals surface area contributed by atoms with Crippen LogP contribution >= 0.6 is 0 Å². The molecule has 2 N–H and O–H groups in total. The van der Waals surface area contributed by atoms with Gasteiger partial charge in [-0.05, 0) is 5.92 Å². The summed E-state index contributed by atoms with van der Waals surface area (Å²) in [6.45, 7) is 2.43. The summed E-state index contributed by atoms with van der Waals surface area (Å²) in [5.41, 5.74) is 2.06. The van der Waals surface area contributed by atoms with Crippen molar-refractivity contribution < 1.29 is 22.7 Å². The monoisotopic (exact) mass is 199 g/mol. The Hall–Kier alpha value is -0.780. The fraction of sp³-hybridized carbons (Fsp3) is 0.857. The molecule has 78 valence electrons. The maximum absolute atomic E-state index is 12.4. The zero-order valence-corrected chi connectivity index (χ0v) is 7.61. The molecule has 0 fully saturated rings. The lowest BCUT2D eigenvalue weighted by molar-refractivity contribution is -0.212. The lowest BCUT2D eigenvalue weighted by Gasteiger charge is -2.32. The number of ether oxygens (including phenoxy) is 1. The van der Waals surface area contributed by atoms with Crippen LogP contribution < -0.4 is 5.73 Å². The molecular formula is C7H12F3NO2. The van der Waals surface area contributed by atoms with Crippen molar-refractivity contribution in [1.29, 1.82) is 0 Å². The van der Waals surface area contributed by atoms with Gasteiger partial charge in [0.05, 0.1) is 7.11 Å². The highest BCUT2D eigenvalue weighted by atomic mass is 19.4. The van der Waals surface area contributed by atoms with Crippen LogP contribution in [0.1, 0.15) is 13.8 Å². The van der Waals surface area contributed by atoms with Crippen LogP contribution in [-0.4, -0.2) is 24.8 Å². The van der Waals surface area contributed by atoms with Crippen LogP contribution in [0.3, 0.4) is 0 Å². The van der Waals surface area contributed by atoms with Crippen LogP contribution in [0.25, 0.3) is 0 Å². The topological polar surface area (TPSA) is 52.3 Å². The highest BCUT2D eigenvalue weighted by Crippen LogP contribution is 2.34. The van der Waals surface area contributed by atoms with E-state index in [9.17, 15) is 18.0 Å². The molecule has 0 aromatic heterocycles. The van der Waals surface area contributed by atoms with E-state index >= 15 is 0 Å². The van der Waals surface area contributed by atoms with Gasteiger partial charge >= 0.3 is 12.1 Å². The number of halogens is 3. The van der Waals surface area contributed by atoms with Gasteiger partial charge in [-0.1, -0.05) is 13.8 Å². The number of hydrogen-bond donors (Lipinski definition) is 1. The molecule has 0 radical (unpaired) electrons. The molecule has 0 aromatic carbocycles. The molecule has 0 amide bonds. The normalized spacial score (nSPS) is 16.9. The van der Waals surface area contributed by atoms with Crippen LogP contribution in [0.4, 0.5) is 13.2 Å². The number of esters is 1. The van der Waals surface area contributed by atoms with E-state index in [1.807, 2.05) is 0 Å². The molecule has 3 nitrogen and oxygen atoms in total. The Kier molecular flexibility index (Phi) is 3.32. The van der Waals surface area contributed by atoms with E-state index in [2.05, 4.69) is 4.74 Å². The Labute approximate surface area is 74.0 Å². The Morgan fingerprint density at radius 2 is 1.77 bits per heavy atom. The average Bonchev–Trinajstić information content (AvgIpc) is 1.98. The lowest BCUT2D eigenvalue weighted by atomic mass is 9.87. The predicted molar refractivity (Wildman–Crippen MR) is 39.8 cm³/mol. The van der Waals surface area contributed by atoms with E-state index in [-0.39, 0.29) is 0 Å². The summed E-state index contributed by atoms with van der Waals surface area (Å²) in [4.78, 5) is 10.9. The molecule has 0 saturated heterocycles. The van der Waals surface area contributed by atoms with Gasteiger partial charge in [0, 0.05) is 0 Å². The van der Waals surface area contributed by atoms with Crippen LogP contribution in [0.2, 0.25) is 0 Å². The van der Waals surface area contributed by atoms with Crippen molar-refractivity contribution in [3.63, 3.8) is 0 Å². The number of carbonyl (C=O) groups is 1. The number of hydrogen-bond acceptors (Lipinski definition) is 3. The van der Waals surface area contributed by atoms with Crippen molar-refractivity contribution in [2.24, 2.45) is 11.7 Å². The Balaban J connectivity index is 5.08. The van der Waals surface area contributed by atoms with Crippen LogP contribution in [0, 0.1) is 5.92 Å². The molecule has 0 aromatic rings. The third-order valence-electron chi connectivity index (χ3n) is 1.90. The summed E-state index contributed by atoms with van der Waals surface area (Å²) < 4.78 is 41.1. The van der Waals surface area contributed by atoms with E-state index in [1.165, 1.54) is 13.8 Å². The second-order valence-corrected chi connectivity index (χ2v) is 3.01. The standard InChI is InChI=1S/C7H12F3NO2/c1-4(2)6(11,5(12)13-3)7(8,9)10/h4H,11H2,1-3H3.